The molecule has 0 saturated carbocycles. The molecule has 118 valence electrons. The van der Waals surface area contributed by atoms with Gasteiger partial charge in [0, 0.05) is 25.8 Å². The monoisotopic (exact) mass is 302 g/mol. The molecule has 0 bridgehead atoms. The first kappa shape index (κ1) is 16.2. The van der Waals surface area contributed by atoms with Crippen LogP contribution in [0.4, 0.5) is 13.2 Å². The molecule has 1 fully saturated rings. The number of nitrogens with zero attached hydrogens (tertiary/aromatic N) is 2. The van der Waals surface area contributed by atoms with Gasteiger partial charge in [0.05, 0.1) is 6.10 Å². The van der Waals surface area contributed by atoms with Gasteiger partial charge in [-0.25, -0.2) is 0 Å². The molecule has 1 aromatic heterocycles. The Balaban J connectivity index is 2.04. The zero-order chi connectivity index (χ0) is 15.7. The Morgan fingerprint density at radius 1 is 1.38 bits per heavy atom. The molecule has 0 unspecified atom stereocenters. The SMILES string of the molecule is CC1(C)C[C@@H](O)CCN(Cc2ccc(C(F)(F)F)nc2)C1. The summed E-state index contributed by atoms with van der Waals surface area (Å²) in [6, 6.07) is 2.50. The lowest BCUT2D eigenvalue weighted by Crippen LogP contribution is -2.32. The van der Waals surface area contributed by atoms with Crippen LogP contribution in [0.25, 0.3) is 0 Å². The van der Waals surface area contributed by atoms with Crippen molar-refractivity contribution < 1.29 is 18.3 Å². The highest BCUT2D eigenvalue weighted by Gasteiger charge is 2.32. The molecule has 1 aliphatic rings. The molecular weight excluding hydrogens is 281 g/mol. The summed E-state index contributed by atoms with van der Waals surface area (Å²) in [4.78, 5) is 5.66. The number of rotatable bonds is 2. The maximum atomic E-state index is 12.5. The maximum Gasteiger partial charge on any atom is 0.433 e. The number of hydrogen-bond donors (Lipinski definition) is 1. The molecule has 1 atom stereocenters. The van der Waals surface area contributed by atoms with Crippen molar-refractivity contribution in [2.24, 2.45) is 5.41 Å². The van der Waals surface area contributed by atoms with Crippen LogP contribution < -0.4 is 0 Å². The van der Waals surface area contributed by atoms with E-state index in [-0.39, 0.29) is 11.5 Å². The standard InChI is InChI=1S/C15H21F3N2O/c1-14(2)7-12(21)5-6-20(10-14)9-11-3-4-13(19-8-11)15(16,17)18/h3-4,8,12,21H,5-7,9-10H2,1-2H3/t12-/m0/s1. The zero-order valence-electron chi connectivity index (χ0n) is 12.3. The van der Waals surface area contributed by atoms with Crippen LogP contribution in [0.15, 0.2) is 18.3 Å². The Morgan fingerprint density at radius 2 is 2.10 bits per heavy atom. The van der Waals surface area contributed by atoms with Gasteiger partial charge >= 0.3 is 6.18 Å². The number of hydrogen-bond acceptors (Lipinski definition) is 3. The van der Waals surface area contributed by atoms with Crippen molar-refractivity contribution in [3.63, 3.8) is 0 Å². The lowest BCUT2D eigenvalue weighted by molar-refractivity contribution is -0.141. The van der Waals surface area contributed by atoms with Gasteiger partial charge < -0.3 is 5.11 Å². The van der Waals surface area contributed by atoms with Crippen molar-refractivity contribution in [3.8, 4) is 0 Å². The minimum atomic E-state index is -4.40. The average Bonchev–Trinajstić information content (AvgIpc) is 2.46. The summed E-state index contributed by atoms with van der Waals surface area (Å²) in [7, 11) is 0. The Hall–Kier alpha value is -1.14. The quantitative estimate of drug-likeness (QED) is 0.912. The predicted octanol–water partition coefficient (Wildman–Crippen LogP) is 3.08. The summed E-state index contributed by atoms with van der Waals surface area (Å²) in [5.41, 5.74) is -0.108. The van der Waals surface area contributed by atoms with Gasteiger partial charge in [-0.3, -0.25) is 9.88 Å². The van der Waals surface area contributed by atoms with Crippen LogP contribution in [0, 0.1) is 5.41 Å². The number of likely N-dealkylation sites (tertiary alicyclic amines) is 1. The average molecular weight is 302 g/mol. The first-order valence-corrected chi connectivity index (χ1v) is 7.08. The normalized spacial score (nSPS) is 23.8. The Bertz CT molecular complexity index is 471. The minimum absolute atomic E-state index is 0.00471. The molecule has 3 nitrogen and oxygen atoms in total. The van der Waals surface area contributed by atoms with Gasteiger partial charge in [0.2, 0.25) is 0 Å². The second kappa shape index (κ2) is 5.93. The number of aliphatic hydroxyl groups excluding tert-OH is 1. The lowest BCUT2D eigenvalue weighted by Gasteiger charge is -2.29. The highest BCUT2D eigenvalue weighted by atomic mass is 19.4. The first-order valence-electron chi connectivity index (χ1n) is 7.08. The fourth-order valence-corrected chi connectivity index (χ4v) is 2.90. The van der Waals surface area contributed by atoms with Crippen LogP contribution in [0.1, 0.15) is 37.9 Å². The predicted molar refractivity (Wildman–Crippen MR) is 73.5 cm³/mol. The van der Waals surface area contributed by atoms with Crippen LogP contribution in [-0.4, -0.2) is 34.2 Å². The maximum absolute atomic E-state index is 12.5. The molecule has 0 aromatic carbocycles. The summed E-state index contributed by atoms with van der Waals surface area (Å²) >= 11 is 0. The molecule has 1 aliphatic heterocycles. The van der Waals surface area contributed by atoms with Crippen molar-refractivity contribution in [1.29, 1.82) is 0 Å². The van der Waals surface area contributed by atoms with E-state index in [9.17, 15) is 18.3 Å². The van der Waals surface area contributed by atoms with Gasteiger partial charge in [-0.2, -0.15) is 13.2 Å². The van der Waals surface area contributed by atoms with E-state index in [1.807, 2.05) is 0 Å². The molecular formula is C15H21F3N2O. The molecule has 2 rings (SSSR count). The van der Waals surface area contributed by atoms with Crippen molar-refractivity contribution in [3.05, 3.63) is 29.6 Å². The van der Waals surface area contributed by atoms with Gasteiger partial charge in [-0.05, 0) is 29.9 Å². The van der Waals surface area contributed by atoms with E-state index in [0.717, 1.165) is 31.1 Å². The third-order valence-electron chi connectivity index (χ3n) is 3.74. The number of aliphatic hydroxyl groups is 1. The number of halogens is 3. The zero-order valence-corrected chi connectivity index (χ0v) is 12.3. The number of pyridine rings is 1. The Labute approximate surface area is 122 Å². The molecule has 1 aromatic rings. The molecule has 2 heterocycles. The van der Waals surface area contributed by atoms with Gasteiger partial charge in [0.15, 0.2) is 0 Å². The van der Waals surface area contributed by atoms with Gasteiger partial charge in [0.25, 0.3) is 0 Å². The van der Waals surface area contributed by atoms with Gasteiger partial charge in [-0.15, -0.1) is 0 Å². The highest BCUT2D eigenvalue weighted by Crippen LogP contribution is 2.30. The Kier molecular flexibility index (Phi) is 4.58. The second-order valence-corrected chi connectivity index (χ2v) is 6.57. The number of alkyl halides is 3. The van der Waals surface area contributed by atoms with Crippen molar-refractivity contribution in [2.45, 2.75) is 45.5 Å². The molecule has 0 aliphatic carbocycles. The summed E-state index contributed by atoms with van der Waals surface area (Å²) in [5.74, 6) is 0. The summed E-state index contributed by atoms with van der Waals surface area (Å²) in [6.07, 6.45) is -1.98. The molecule has 6 heteroatoms. The fourth-order valence-electron chi connectivity index (χ4n) is 2.90. The third-order valence-corrected chi connectivity index (χ3v) is 3.74. The largest absolute Gasteiger partial charge is 0.433 e. The molecule has 0 amide bonds. The molecule has 1 saturated heterocycles. The van der Waals surface area contributed by atoms with E-state index in [2.05, 4.69) is 23.7 Å². The molecule has 0 spiro atoms. The third kappa shape index (κ3) is 4.68. The van der Waals surface area contributed by atoms with E-state index in [1.54, 1.807) is 0 Å². The fraction of sp³-hybridized carbons (Fsp3) is 0.667. The summed E-state index contributed by atoms with van der Waals surface area (Å²) in [5, 5.41) is 9.87. The minimum Gasteiger partial charge on any atom is -0.393 e. The van der Waals surface area contributed by atoms with Crippen LogP contribution >= 0.6 is 0 Å². The van der Waals surface area contributed by atoms with E-state index in [4.69, 9.17) is 0 Å². The van der Waals surface area contributed by atoms with Crippen LogP contribution in [0.2, 0.25) is 0 Å². The summed E-state index contributed by atoms with van der Waals surface area (Å²) in [6.45, 7) is 6.30. The topological polar surface area (TPSA) is 36.4 Å². The van der Waals surface area contributed by atoms with E-state index in [1.165, 1.54) is 12.3 Å². The van der Waals surface area contributed by atoms with E-state index >= 15 is 0 Å². The van der Waals surface area contributed by atoms with Crippen molar-refractivity contribution in [2.75, 3.05) is 13.1 Å². The first-order chi connectivity index (χ1) is 9.66. The van der Waals surface area contributed by atoms with Crippen LogP contribution in [-0.2, 0) is 12.7 Å². The van der Waals surface area contributed by atoms with Crippen LogP contribution in [0.5, 0.6) is 0 Å². The molecule has 0 radical (unpaired) electrons. The van der Waals surface area contributed by atoms with Crippen molar-refractivity contribution in [1.82, 2.24) is 9.88 Å². The highest BCUT2D eigenvalue weighted by molar-refractivity contribution is 5.16. The van der Waals surface area contributed by atoms with E-state index < -0.39 is 11.9 Å². The Morgan fingerprint density at radius 3 is 2.67 bits per heavy atom. The van der Waals surface area contributed by atoms with Crippen LogP contribution in [0.3, 0.4) is 0 Å². The smallest absolute Gasteiger partial charge is 0.393 e. The lowest BCUT2D eigenvalue weighted by atomic mass is 9.87. The number of aromatic nitrogens is 1. The van der Waals surface area contributed by atoms with Crippen molar-refractivity contribution >= 4 is 0 Å². The van der Waals surface area contributed by atoms with Gasteiger partial charge in [0.1, 0.15) is 5.69 Å². The van der Waals surface area contributed by atoms with Gasteiger partial charge in [-0.1, -0.05) is 19.9 Å². The second-order valence-electron chi connectivity index (χ2n) is 6.57. The molecule has 1 N–H and O–H groups in total. The molecule has 21 heavy (non-hydrogen) atoms. The van der Waals surface area contributed by atoms with E-state index in [0.29, 0.717) is 13.0 Å². The summed E-state index contributed by atoms with van der Waals surface area (Å²) < 4.78 is 37.4.